The van der Waals surface area contributed by atoms with Crippen molar-refractivity contribution in [2.75, 3.05) is 0 Å². The van der Waals surface area contributed by atoms with E-state index in [4.69, 9.17) is 0 Å². The highest BCUT2D eigenvalue weighted by Crippen LogP contribution is 2.48. The van der Waals surface area contributed by atoms with E-state index >= 15 is 0 Å². The summed E-state index contributed by atoms with van der Waals surface area (Å²) in [7, 11) is 0. The number of hydrogen-bond donors (Lipinski definition) is 1. The third kappa shape index (κ3) is 3.92. The van der Waals surface area contributed by atoms with Gasteiger partial charge in [-0.3, -0.25) is 4.98 Å². The topological polar surface area (TPSA) is 55.1 Å². The smallest absolute Gasteiger partial charge is 0.335 e. The predicted molar refractivity (Wildman–Crippen MR) is 150 cm³/mol. The molecule has 0 aliphatic heterocycles. The largest absolute Gasteiger partial charge is 0.478 e. The maximum absolute atomic E-state index is 11.4. The normalized spacial score (nSPS) is 16.1. The molecule has 1 N–H and O–H groups in total. The first-order valence-corrected chi connectivity index (χ1v) is 13.0. The third-order valence-corrected chi connectivity index (χ3v) is 8.34. The number of nitrogens with zero attached hydrogens (tertiary/aromatic N) is 2. The van der Waals surface area contributed by atoms with Crippen molar-refractivity contribution in [3.05, 3.63) is 102 Å². The molecule has 0 bridgehead atoms. The Bertz CT molecular complexity index is 1660. The fourth-order valence-electron chi connectivity index (χ4n) is 6.02. The molecule has 5 aromatic rings. The molecular weight excluding hydrogens is 456 g/mol. The molecule has 1 aliphatic carbocycles. The van der Waals surface area contributed by atoms with E-state index in [-0.39, 0.29) is 10.8 Å². The molecule has 186 valence electrons. The first-order chi connectivity index (χ1) is 17.6. The van der Waals surface area contributed by atoms with Crippen LogP contribution in [0.1, 0.15) is 67.6 Å². The summed E-state index contributed by atoms with van der Waals surface area (Å²) in [5, 5.41) is 13.1. The van der Waals surface area contributed by atoms with Crippen LogP contribution in [0.2, 0.25) is 0 Å². The molecule has 0 saturated carbocycles. The molecule has 3 aromatic carbocycles. The van der Waals surface area contributed by atoms with E-state index in [0.29, 0.717) is 12.1 Å². The van der Waals surface area contributed by atoms with E-state index in [1.165, 1.54) is 45.6 Å². The van der Waals surface area contributed by atoms with Gasteiger partial charge in [-0.1, -0.05) is 64.1 Å². The minimum atomic E-state index is -0.910. The van der Waals surface area contributed by atoms with Gasteiger partial charge >= 0.3 is 5.97 Å². The highest BCUT2D eigenvalue weighted by Gasteiger charge is 2.37. The van der Waals surface area contributed by atoms with Crippen molar-refractivity contribution in [2.45, 2.75) is 57.9 Å². The Balaban J connectivity index is 1.64. The van der Waals surface area contributed by atoms with Crippen LogP contribution in [0.3, 0.4) is 0 Å². The molecule has 2 aromatic heterocycles. The number of rotatable bonds is 4. The molecular formula is C33H32N2O2. The number of benzene rings is 3. The first-order valence-electron chi connectivity index (χ1n) is 13.0. The first kappa shape index (κ1) is 23.5. The molecule has 6 rings (SSSR count). The number of carboxylic acid groups (broad SMARTS) is 1. The van der Waals surface area contributed by atoms with Crippen LogP contribution in [0.15, 0.2) is 79.3 Å². The second kappa shape index (κ2) is 8.31. The number of aromatic carboxylic acids is 1. The van der Waals surface area contributed by atoms with Crippen molar-refractivity contribution < 1.29 is 9.90 Å². The molecule has 2 heterocycles. The average Bonchev–Trinajstić information content (AvgIpc) is 3.25. The van der Waals surface area contributed by atoms with Crippen molar-refractivity contribution >= 4 is 27.6 Å². The number of pyridine rings is 1. The second-order valence-corrected chi connectivity index (χ2v) is 11.8. The van der Waals surface area contributed by atoms with Gasteiger partial charge in [0.05, 0.1) is 11.1 Å². The van der Waals surface area contributed by atoms with E-state index in [2.05, 4.69) is 73.8 Å². The molecule has 37 heavy (non-hydrogen) atoms. The van der Waals surface area contributed by atoms with Crippen molar-refractivity contribution in [3.63, 3.8) is 0 Å². The van der Waals surface area contributed by atoms with Crippen LogP contribution in [0, 0.1) is 0 Å². The Hall–Kier alpha value is -3.92. The Morgan fingerprint density at radius 3 is 2.27 bits per heavy atom. The molecule has 0 radical (unpaired) electrons. The molecule has 0 unspecified atom stereocenters. The maximum Gasteiger partial charge on any atom is 0.335 e. The lowest BCUT2D eigenvalue weighted by atomic mass is 9.63. The maximum atomic E-state index is 11.4. The van der Waals surface area contributed by atoms with Crippen molar-refractivity contribution in [2.24, 2.45) is 0 Å². The van der Waals surface area contributed by atoms with Gasteiger partial charge in [-0.25, -0.2) is 4.79 Å². The van der Waals surface area contributed by atoms with E-state index in [9.17, 15) is 9.90 Å². The highest BCUT2D eigenvalue weighted by molar-refractivity contribution is 6.11. The number of aromatic nitrogens is 2. The van der Waals surface area contributed by atoms with Gasteiger partial charge in [0.1, 0.15) is 0 Å². The zero-order valence-electron chi connectivity index (χ0n) is 21.9. The van der Waals surface area contributed by atoms with Crippen LogP contribution in [-0.2, 0) is 17.4 Å². The van der Waals surface area contributed by atoms with Gasteiger partial charge in [-0.2, -0.15) is 0 Å². The van der Waals surface area contributed by atoms with E-state index in [0.717, 1.165) is 16.7 Å². The van der Waals surface area contributed by atoms with Crippen LogP contribution in [0.25, 0.3) is 32.8 Å². The zero-order valence-corrected chi connectivity index (χ0v) is 21.9. The Kier molecular flexibility index (Phi) is 5.27. The van der Waals surface area contributed by atoms with E-state index in [1.807, 2.05) is 24.4 Å². The molecule has 1 aliphatic rings. The van der Waals surface area contributed by atoms with Crippen molar-refractivity contribution in [1.82, 2.24) is 9.55 Å². The standard InChI is InChI=1S/C33H32N2O2/c1-32(2)13-14-33(3,4)29-17-26-24(16-28(29)32)11-12-25-27(22-7-9-23(10-8-22)31(36)37)20-35(30(25)26)19-21-6-5-15-34-18-21/h5-12,15-18,20H,13-14,19H2,1-4H3,(H,36,37). The Morgan fingerprint density at radius 1 is 0.919 bits per heavy atom. The summed E-state index contributed by atoms with van der Waals surface area (Å²) in [5.74, 6) is -0.910. The van der Waals surface area contributed by atoms with Gasteiger partial charge in [-0.05, 0) is 75.6 Å². The summed E-state index contributed by atoms with van der Waals surface area (Å²) in [6, 6.07) is 20.6. The monoisotopic (exact) mass is 488 g/mol. The van der Waals surface area contributed by atoms with Gasteiger partial charge in [-0.15, -0.1) is 0 Å². The van der Waals surface area contributed by atoms with Gasteiger partial charge in [0.25, 0.3) is 0 Å². The average molecular weight is 489 g/mol. The molecule has 0 saturated heterocycles. The summed E-state index contributed by atoms with van der Waals surface area (Å²) in [6.07, 6.45) is 8.30. The van der Waals surface area contributed by atoms with E-state index < -0.39 is 5.97 Å². The summed E-state index contributed by atoms with van der Waals surface area (Å²) in [5.41, 5.74) is 7.96. The summed E-state index contributed by atoms with van der Waals surface area (Å²) in [6.45, 7) is 10.2. The van der Waals surface area contributed by atoms with Gasteiger partial charge in [0.2, 0.25) is 0 Å². The quantitative estimate of drug-likeness (QED) is 0.279. The van der Waals surface area contributed by atoms with Crippen LogP contribution >= 0.6 is 0 Å². The van der Waals surface area contributed by atoms with Gasteiger partial charge < -0.3 is 9.67 Å². The third-order valence-electron chi connectivity index (χ3n) is 8.34. The van der Waals surface area contributed by atoms with E-state index in [1.54, 1.807) is 18.3 Å². The van der Waals surface area contributed by atoms with Crippen LogP contribution < -0.4 is 0 Å². The molecule has 4 heteroatoms. The lowest BCUT2D eigenvalue weighted by Crippen LogP contribution is -2.33. The highest BCUT2D eigenvalue weighted by atomic mass is 16.4. The molecule has 0 atom stereocenters. The summed E-state index contributed by atoms with van der Waals surface area (Å²) >= 11 is 0. The van der Waals surface area contributed by atoms with Crippen molar-refractivity contribution in [3.8, 4) is 11.1 Å². The molecule has 4 nitrogen and oxygen atoms in total. The summed E-state index contributed by atoms with van der Waals surface area (Å²) in [4.78, 5) is 15.8. The molecule has 0 spiro atoms. The molecule has 0 fully saturated rings. The molecule has 0 amide bonds. The fraction of sp³-hybridized carbons (Fsp3) is 0.273. The van der Waals surface area contributed by atoms with Gasteiger partial charge in [0.15, 0.2) is 0 Å². The Morgan fingerprint density at radius 2 is 1.62 bits per heavy atom. The number of carbonyl (C=O) groups is 1. The summed E-state index contributed by atoms with van der Waals surface area (Å²) < 4.78 is 2.34. The Labute approximate surface area is 217 Å². The lowest BCUT2D eigenvalue weighted by Gasteiger charge is -2.42. The number of carboxylic acids is 1. The second-order valence-electron chi connectivity index (χ2n) is 11.8. The van der Waals surface area contributed by atoms with Gasteiger partial charge in [0, 0.05) is 41.5 Å². The zero-order chi connectivity index (χ0) is 25.9. The SMILES string of the molecule is CC1(C)CCC(C)(C)c2cc3c(ccc4c(-c5ccc(C(=O)O)cc5)cn(Cc5cccnc5)c43)cc21. The minimum Gasteiger partial charge on any atom is -0.478 e. The van der Waals surface area contributed by atoms with Crippen molar-refractivity contribution in [1.29, 1.82) is 0 Å². The van der Waals surface area contributed by atoms with Crippen LogP contribution in [0.4, 0.5) is 0 Å². The number of hydrogen-bond acceptors (Lipinski definition) is 2. The lowest BCUT2D eigenvalue weighted by molar-refractivity contribution is 0.0697. The minimum absolute atomic E-state index is 0.122. The fourth-order valence-corrected chi connectivity index (χ4v) is 6.02. The van der Waals surface area contributed by atoms with Crippen LogP contribution in [-0.4, -0.2) is 20.6 Å². The number of fused-ring (bicyclic) bond motifs is 4. The van der Waals surface area contributed by atoms with Crippen LogP contribution in [0.5, 0.6) is 0 Å². The predicted octanol–water partition coefficient (Wildman–Crippen LogP) is 7.95.